The highest BCUT2D eigenvalue weighted by atomic mass is 19.1. The SMILES string of the molecule is Cc1cccc(-c2c(-c3ccnc(F)c3)cc3n2C(CCN)CNC3=O)c1. The van der Waals surface area contributed by atoms with E-state index < -0.39 is 5.95 Å². The van der Waals surface area contributed by atoms with Crippen molar-refractivity contribution in [3.8, 4) is 22.4 Å². The van der Waals surface area contributed by atoms with Crippen molar-refractivity contribution in [2.75, 3.05) is 13.1 Å². The Morgan fingerprint density at radius 3 is 2.85 bits per heavy atom. The van der Waals surface area contributed by atoms with Crippen molar-refractivity contribution in [1.82, 2.24) is 14.9 Å². The van der Waals surface area contributed by atoms with Gasteiger partial charge in [-0.2, -0.15) is 4.39 Å². The molecule has 138 valence electrons. The highest BCUT2D eigenvalue weighted by Crippen LogP contribution is 2.39. The molecule has 0 saturated carbocycles. The summed E-state index contributed by atoms with van der Waals surface area (Å²) in [6.45, 7) is 3.07. The lowest BCUT2D eigenvalue weighted by Gasteiger charge is -2.28. The highest BCUT2D eigenvalue weighted by Gasteiger charge is 2.30. The van der Waals surface area contributed by atoms with E-state index in [1.165, 1.54) is 12.3 Å². The van der Waals surface area contributed by atoms with Crippen molar-refractivity contribution < 1.29 is 9.18 Å². The summed E-state index contributed by atoms with van der Waals surface area (Å²) in [4.78, 5) is 16.2. The number of carbonyl (C=O) groups is 1. The van der Waals surface area contributed by atoms with Gasteiger partial charge in [0.05, 0.1) is 11.7 Å². The molecule has 3 N–H and O–H groups in total. The average Bonchev–Trinajstić information content (AvgIpc) is 3.06. The summed E-state index contributed by atoms with van der Waals surface area (Å²) >= 11 is 0. The van der Waals surface area contributed by atoms with Crippen molar-refractivity contribution >= 4 is 5.91 Å². The van der Waals surface area contributed by atoms with Gasteiger partial charge in [-0.25, -0.2) is 4.98 Å². The van der Waals surface area contributed by atoms with Crippen LogP contribution >= 0.6 is 0 Å². The molecule has 1 aromatic carbocycles. The lowest BCUT2D eigenvalue weighted by atomic mass is 10.0. The number of nitrogens with zero attached hydrogens (tertiary/aromatic N) is 2. The third-order valence-corrected chi connectivity index (χ3v) is 4.96. The number of hydrogen-bond acceptors (Lipinski definition) is 3. The molecule has 3 heterocycles. The van der Waals surface area contributed by atoms with E-state index >= 15 is 0 Å². The molecule has 0 fully saturated rings. The van der Waals surface area contributed by atoms with Gasteiger partial charge in [-0.05, 0) is 49.2 Å². The Kier molecular flexibility index (Phi) is 4.49. The first kappa shape index (κ1) is 17.4. The Bertz CT molecular complexity index is 1010. The van der Waals surface area contributed by atoms with Gasteiger partial charge in [-0.3, -0.25) is 4.79 Å². The molecule has 1 amide bonds. The summed E-state index contributed by atoms with van der Waals surface area (Å²) < 4.78 is 15.9. The number of pyridine rings is 1. The molecule has 5 nitrogen and oxygen atoms in total. The number of halogens is 1. The van der Waals surface area contributed by atoms with Gasteiger partial charge in [-0.1, -0.05) is 23.8 Å². The van der Waals surface area contributed by atoms with Crippen LogP contribution in [0.15, 0.2) is 48.7 Å². The summed E-state index contributed by atoms with van der Waals surface area (Å²) in [5.41, 5.74) is 10.9. The molecule has 0 bridgehead atoms. The Hall–Kier alpha value is -2.99. The fraction of sp³-hybridized carbons (Fsp3) is 0.238. The maximum absolute atomic E-state index is 13.8. The zero-order valence-electron chi connectivity index (χ0n) is 15.1. The van der Waals surface area contributed by atoms with Crippen molar-refractivity contribution in [2.45, 2.75) is 19.4 Å². The molecule has 27 heavy (non-hydrogen) atoms. The predicted molar refractivity (Wildman–Crippen MR) is 103 cm³/mol. The number of aromatic nitrogens is 2. The number of fused-ring (bicyclic) bond motifs is 1. The van der Waals surface area contributed by atoms with Gasteiger partial charge in [0.1, 0.15) is 5.69 Å². The maximum atomic E-state index is 13.8. The standard InChI is InChI=1S/C21H21FN4O/c1-13-3-2-4-15(9-13)20-17(14-6-8-24-19(22)10-14)11-18-21(27)25-12-16(5-7-23)26(18)20/h2-4,6,8-11,16H,5,7,12,23H2,1H3,(H,25,27). The molecule has 1 unspecified atom stereocenters. The first-order chi connectivity index (χ1) is 13.1. The fourth-order valence-corrected chi connectivity index (χ4v) is 3.77. The van der Waals surface area contributed by atoms with E-state index in [4.69, 9.17) is 5.73 Å². The molecular weight excluding hydrogens is 343 g/mol. The predicted octanol–water partition coefficient (Wildman–Crippen LogP) is 3.30. The number of benzene rings is 1. The molecule has 3 aromatic rings. The van der Waals surface area contributed by atoms with Crippen LogP contribution in [0.4, 0.5) is 4.39 Å². The number of nitrogens with one attached hydrogen (secondary N) is 1. The number of amides is 1. The molecule has 0 aliphatic carbocycles. The average molecular weight is 364 g/mol. The quantitative estimate of drug-likeness (QED) is 0.698. The van der Waals surface area contributed by atoms with E-state index in [2.05, 4.69) is 20.9 Å². The second kappa shape index (κ2) is 6.96. The van der Waals surface area contributed by atoms with Crippen LogP contribution in [-0.4, -0.2) is 28.5 Å². The van der Waals surface area contributed by atoms with Crippen LogP contribution in [-0.2, 0) is 0 Å². The molecule has 0 radical (unpaired) electrons. The van der Waals surface area contributed by atoms with Gasteiger partial charge in [0.25, 0.3) is 5.91 Å². The minimum absolute atomic E-state index is 0.0543. The van der Waals surface area contributed by atoms with Crippen LogP contribution in [0.2, 0.25) is 0 Å². The Morgan fingerprint density at radius 1 is 1.26 bits per heavy atom. The van der Waals surface area contributed by atoms with Gasteiger partial charge >= 0.3 is 0 Å². The van der Waals surface area contributed by atoms with E-state index in [0.717, 1.165) is 28.8 Å². The Balaban J connectivity index is 2.02. The first-order valence-electron chi connectivity index (χ1n) is 9.01. The molecule has 4 rings (SSSR count). The molecule has 6 heteroatoms. The number of carbonyl (C=O) groups excluding carboxylic acids is 1. The van der Waals surface area contributed by atoms with E-state index in [0.29, 0.717) is 24.3 Å². The molecule has 0 spiro atoms. The number of aryl methyl sites for hydroxylation is 1. The van der Waals surface area contributed by atoms with E-state index in [-0.39, 0.29) is 11.9 Å². The third kappa shape index (κ3) is 3.13. The van der Waals surface area contributed by atoms with Gasteiger partial charge in [0.2, 0.25) is 5.95 Å². The molecular formula is C21H21FN4O. The summed E-state index contributed by atoms with van der Waals surface area (Å²) in [5, 5.41) is 2.94. The molecule has 0 saturated heterocycles. The zero-order valence-corrected chi connectivity index (χ0v) is 15.1. The number of hydrogen-bond donors (Lipinski definition) is 2. The molecule has 1 aliphatic rings. The smallest absolute Gasteiger partial charge is 0.268 e. The van der Waals surface area contributed by atoms with E-state index in [1.54, 1.807) is 6.07 Å². The van der Waals surface area contributed by atoms with Crippen molar-refractivity contribution in [3.63, 3.8) is 0 Å². The van der Waals surface area contributed by atoms with E-state index in [9.17, 15) is 9.18 Å². The number of nitrogens with two attached hydrogens (primary N) is 1. The Morgan fingerprint density at radius 2 is 2.11 bits per heavy atom. The Labute approximate surface area is 157 Å². The maximum Gasteiger partial charge on any atom is 0.268 e. The van der Waals surface area contributed by atoms with Gasteiger partial charge in [0.15, 0.2) is 0 Å². The lowest BCUT2D eigenvalue weighted by molar-refractivity contribution is 0.0914. The van der Waals surface area contributed by atoms with Crippen molar-refractivity contribution in [1.29, 1.82) is 0 Å². The zero-order chi connectivity index (χ0) is 19.0. The minimum Gasteiger partial charge on any atom is -0.349 e. The summed E-state index contributed by atoms with van der Waals surface area (Å²) in [6, 6.07) is 13.2. The summed E-state index contributed by atoms with van der Waals surface area (Å²) in [5.74, 6) is -0.673. The van der Waals surface area contributed by atoms with Crippen LogP contribution in [0.25, 0.3) is 22.4 Å². The van der Waals surface area contributed by atoms with Crippen LogP contribution in [0.1, 0.15) is 28.5 Å². The van der Waals surface area contributed by atoms with Gasteiger partial charge < -0.3 is 15.6 Å². The molecule has 2 aromatic heterocycles. The van der Waals surface area contributed by atoms with Crippen LogP contribution in [0, 0.1) is 12.9 Å². The fourth-order valence-electron chi connectivity index (χ4n) is 3.77. The largest absolute Gasteiger partial charge is 0.349 e. The monoisotopic (exact) mass is 364 g/mol. The third-order valence-electron chi connectivity index (χ3n) is 4.96. The number of rotatable bonds is 4. The summed E-state index contributed by atoms with van der Waals surface area (Å²) in [6.07, 6.45) is 2.18. The van der Waals surface area contributed by atoms with Crippen LogP contribution < -0.4 is 11.1 Å². The second-order valence-electron chi connectivity index (χ2n) is 6.84. The van der Waals surface area contributed by atoms with Gasteiger partial charge in [-0.15, -0.1) is 0 Å². The lowest BCUT2D eigenvalue weighted by Crippen LogP contribution is -2.39. The summed E-state index contributed by atoms with van der Waals surface area (Å²) in [7, 11) is 0. The van der Waals surface area contributed by atoms with Gasteiger partial charge in [0, 0.05) is 24.4 Å². The molecule has 1 atom stereocenters. The minimum atomic E-state index is -0.546. The van der Waals surface area contributed by atoms with Crippen LogP contribution in [0.5, 0.6) is 0 Å². The van der Waals surface area contributed by atoms with Crippen molar-refractivity contribution in [2.24, 2.45) is 5.73 Å². The van der Waals surface area contributed by atoms with Crippen LogP contribution in [0.3, 0.4) is 0 Å². The normalized spacial score (nSPS) is 16.1. The topological polar surface area (TPSA) is 72.9 Å². The highest BCUT2D eigenvalue weighted by molar-refractivity contribution is 5.98. The van der Waals surface area contributed by atoms with E-state index in [1.807, 2.05) is 31.2 Å². The first-order valence-corrected chi connectivity index (χ1v) is 9.01. The second-order valence-corrected chi connectivity index (χ2v) is 6.84. The van der Waals surface area contributed by atoms with Crippen molar-refractivity contribution in [3.05, 3.63) is 65.9 Å². The molecule has 1 aliphatic heterocycles.